The smallest absolute Gasteiger partial charge is 0.306 e. The number of rotatable bonds is 4. The second-order valence-electron chi connectivity index (χ2n) is 9.69. The molecule has 1 N–H and O–H groups in total. The first-order chi connectivity index (χ1) is 14.1. The molecule has 3 aliphatic carbocycles. The third kappa shape index (κ3) is 2.88. The summed E-state index contributed by atoms with van der Waals surface area (Å²) in [7, 11) is 0. The van der Waals surface area contributed by atoms with Crippen LogP contribution in [-0.4, -0.2) is 35.1 Å². The van der Waals surface area contributed by atoms with E-state index in [2.05, 4.69) is 47.4 Å². The molecule has 4 aliphatic rings. The highest BCUT2D eigenvalue weighted by atomic mass is 16.5. The number of aliphatic carboxylic acids is 1. The summed E-state index contributed by atoms with van der Waals surface area (Å²) in [6, 6.07) is 15.8. The molecule has 0 amide bonds. The van der Waals surface area contributed by atoms with Gasteiger partial charge in [-0.05, 0) is 72.9 Å². The van der Waals surface area contributed by atoms with Gasteiger partial charge in [0.1, 0.15) is 11.9 Å². The average Bonchev–Trinajstić information content (AvgIpc) is 3.21. The molecular weight excluding hydrogens is 362 g/mol. The highest BCUT2D eigenvalue weighted by Crippen LogP contribution is 2.48. The first-order valence-electron chi connectivity index (χ1n) is 10.9. The van der Waals surface area contributed by atoms with Gasteiger partial charge in [0, 0.05) is 24.5 Å². The number of carboxylic acid groups (broad SMARTS) is 1. The highest BCUT2D eigenvalue weighted by Gasteiger charge is 2.51. The van der Waals surface area contributed by atoms with E-state index in [0.717, 1.165) is 57.4 Å². The van der Waals surface area contributed by atoms with Gasteiger partial charge in [0.15, 0.2) is 0 Å². The van der Waals surface area contributed by atoms with Crippen LogP contribution in [0.4, 0.5) is 0 Å². The molecule has 0 radical (unpaired) electrons. The van der Waals surface area contributed by atoms with Crippen molar-refractivity contribution in [1.82, 2.24) is 4.90 Å². The molecule has 0 aromatic heterocycles. The van der Waals surface area contributed by atoms with Crippen LogP contribution in [0.15, 0.2) is 42.5 Å². The summed E-state index contributed by atoms with van der Waals surface area (Å²) >= 11 is 0. The minimum atomic E-state index is -0.623. The first-order valence-corrected chi connectivity index (χ1v) is 10.9. The Labute approximate surface area is 171 Å². The summed E-state index contributed by atoms with van der Waals surface area (Å²) in [6.07, 6.45) is 6.30. The number of nitrogens with zero attached hydrogens (tertiary/aromatic N) is 1. The Morgan fingerprint density at radius 3 is 2.66 bits per heavy atom. The number of carboxylic acids is 1. The van der Waals surface area contributed by atoms with Gasteiger partial charge in [-0.3, -0.25) is 9.69 Å². The molecule has 1 aliphatic heterocycles. The molecule has 2 aromatic rings. The number of ether oxygens (including phenoxy) is 1. The van der Waals surface area contributed by atoms with Crippen LogP contribution in [0.3, 0.4) is 0 Å². The maximum Gasteiger partial charge on any atom is 0.306 e. The van der Waals surface area contributed by atoms with E-state index in [1.807, 2.05) is 0 Å². The monoisotopic (exact) mass is 389 g/mol. The number of likely N-dealkylation sites (tertiary alicyclic amines) is 1. The molecule has 2 aromatic carbocycles. The molecule has 1 saturated carbocycles. The van der Waals surface area contributed by atoms with Gasteiger partial charge in [-0.1, -0.05) is 30.3 Å². The molecule has 1 unspecified atom stereocenters. The fourth-order valence-corrected chi connectivity index (χ4v) is 6.07. The van der Waals surface area contributed by atoms with Crippen LogP contribution in [0.2, 0.25) is 0 Å². The molecule has 150 valence electrons. The minimum Gasteiger partial charge on any atom is -0.486 e. The zero-order valence-corrected chi connectivity index (χ0v) is 16.6. The molecule has 1 saturated heterocycles. The van der Waals surface area contributed by atoms with Crippen LogP contribution < -0.4 is 4.74 Å². The van der Waals surface area contributed by atoms with Crippen molar-refractivity contribution >= 4 is 5.97 Å². The van der Waals surface area contributed by atoms with Crippen LogP contribution in [-0.2, 0) is 24.1 Å². The molecule has 4 nitrogen and oxygen atoms in total. The molecular formula is C25H27NO3. The van der Waals surface area contributed by atoms with Crippen molar-refractivity contribution in [3.8, 4) is 5.75 Å². The van der Waals surface area contributed by atoms with Crippen molar-refractivity contribution < 1.29 is 14.6 Å². The molecule has 1 spiro atoms. The molecule has 4 heteroatoms. The van der Waals surface area contributed by atoms with E-state index in [-0.39, 0.29) is 12.0 Å². The number of hydrogen-bond donors (Lipinski definition) is 1. The highest BCUT2D eigenvalue weighted by molar-refractivity contribution is 5.71. The fraction of sp³-hybridized carbons (Fsp3) is 0.480. The summed E-state index contributed by atoms with van der Waals surface area (Å²) in [6.45, 7) is 2.23. The van der Waals surface area contributed by atoms with Crippen LogP contribution in [0.5, 0.6) is 5.75 Å². The van der Waals surface area contributed by atoms with Crippen LogP contribution >= 0.6 is 0 Å². The van der Waals surface area contributed by atoms with Gasteiger partial charge in [-0.2, -0.15) is 0 Å². The quantitative estimate of drug-likeness (QED) is 0.858. The van der Waals surface area contributed by atoms with Crippen molar-refractivity contribution in [3.63, 3.8) is 0 Å². The molecule has 2 fully saturated rings. The molecule has 1 atom stereocenters. The van der Waals surface area contributed by atoms with Gasteiger partial charge in [0.2, 0.25) is 0 Å². The summed E-state index contributed by atoms with van der Waals surface area (Å²) < 4.78 is 6.40. The zero-order valence-electron chi connectivity index (χ0n) is 16.6. The van der Waals surface area contributed by atoms with Crippen molar-refractivity contribution in [1.29, 1.82) is 0 Å². The topological polar surface area (TPSA) is 49.8 Å². The minimum absolute atomic E-state index is 0.113. The number of carbonyl (C=O) groups is 1. The number of benzene rings is 2. The normalized spacial score (nSPS) is 29.0. The van der Waals surface area contributed by atoms with E-state index >= 15 is 0 Å². The maximum atomic E-state index is 11.0. The predicted molar refractivity (Wildman–Crippen MR) is 110 cm³/mol. The van der Waals surface area contributed by atoms with E-state index in [1.54, 1.807) is 0 Å². The third-order valence-corrected chi connectivity index (χ3v) is 7.72. The summed E-state index contributed by atoms with van der Waals surface area (Å²) in [5.41, 5.74) is 6.06. The summed E-state index contributed by atoms with van der Waals surface area (Å²) in [5.74, 6) is 0.266. The van der Waals surface area contributed by atoms with Crippen LogP contribution in [0.1, 0.15) is 47.6 Å². The predicted octanol–water partition coefficient (Wildman–Crippen LogP) is 4.02. The molecule has 0 bridgehead atoms. The third-order valence-electron chi connectivity index (χ3n) is 7.72. The second-order valence-corrected chi connectivity index (χ2v) is 9.69. The first kappa shape index (κ1) is 17.5. The van der Waals surface area contributed by atoms with E-state index < -0.39 is 5.97 Å². The SMILES string of the molecule is O=C(O)C1CC(N2CC3(Cc4ccc(OC5CCc6ccccc65)cc4C3)C2)C1. The Hall–Kier alpha value is -2.33. The zero-order chi connectivity index (χ0) is 19.6. The van der Waals surface area contributed by atoms with Gasteiger partial charge >= 0.3 is 5.97 Å². The fourth-order valence-electron chi connectivity index (χ4n) is 6.07. The van der Waals surface area contributed by atoms with Crippen LogP contribution in [0, 0.1) is 11.3 Å². The number of aryl methyl sites for hydroxylation is 1. The Bertz CT molecular complexity index is 972. The lowest BCUT2D eigenvalue weighted by Crippen LogP contribution is -2.63. The molecule has 29 heavy (non-hydrogen) atoms. The van der Waals surface area contributed by atoms with Gasteiger partial charge in [0.05, 0.1) is 5.92 Å². The van der Waals surface area contributed by atoms with E-state index in [1.165, 1.54) is 22.3 Å². The Morgan fingerprint density at radius 1 is 1.03 bits per heavy atom. The van der Waals surface area contributed by atoms with Crippen molar-refractivity contribution in [2.75, 3.05) is 13.1 Å². The average molecular weight is 389 g/mol. The van der Waals surface area contributed by atoms with Gasteiger partial charge in [-0.25, -0.2) is 0 Å². The standard InChI is InChI=1S/C25H27NO3/c27-24(28)18-9-20(10-18)26-14-25(15-26)12-17-5-7-21(11-19(17)13-25)29-23-8-6-16-3-1-2-4-22(16)23/h1-5,7,11,18,20,23H,6,8-10,12-15H2,(H,27,28). The van der Waals surface area contributed by atoms with Gasteiger partial charge < -0.3 is 9.84 Å². The summed E-state index contributed by atoms with van der Waals surface area (Å²) in [5, 5.41) is 9.10. The lowest BCUT2D eigenvalue weighted by atomic mass is 9.71. The Morgan fingerprint density at radius 2 is 1.83 bits per heavy atom. The lowest BCUT2D eigenvalue weighted by Gasteiger charge is -2.55. The molecule has 1 heterocycles. The number of hydrogen-bond acceptors (Lipinski definition) is 3. The van der Waals surface area contributed by atoms with Gasteiger partial charge in [-0.15, -0.1) is 0 Å². The van der Waals surface area contributed by atoms with Gasteiger partial charge in [0.25, 0.3) is 0 Å². The van der Waals surface area contributed by atoms with Crippen LogP contribution in [0.25, 0.3) is 0 Å². The van der Waals surface area contributed by atoms with Crippen molar-refractivity contribution in [2.24, 2.45) is 11.3 Å². The number of fused-ring (bicyclic) bond motifs is 2. The maximum absolute atomic E-state index is 11.0. The molecule has 6 rings (SSSR count). The van der Waals surface area contributed by atoms with E-state index in [9.17, 15) is 4.79 Å². The Balaban J connectivity index is 1.10. The van der Waals surface area contributed by atoms with Crippen molar-refractivity contribution in [3.05, 3.63) is 64.7 Å². The summed E-state index contributed by atoms with van der Waals surface area (Å²) in [4.78, 5) is 13.6. The Kier molecular flexibility index (Phi) is 3.83. The lowest BCUT2D eigenvalue weighted by molar-refractivity contribution is -0.150. The largest absolute Gasteiger partial charge is 0.486 e. The second kappa shape index (κ2) is 6.33. The van der Waals surface area contributed by atoms with Crippen molar-refractivity contribution in [2.45, 2.75) is 50.7 Å². The van der Waals surface area contributed by atoms with E-state index in [4.69, 9.17) is 9.84 Å². The van der Waals surface area contributed by atoms with E-state index in [0.29, 0.717) is 11.5 Å².